The lowest BCUT2D eigenvalue weighted by molar-refractivity contribution is -0.167. The van der Waals surface area contributed by atoms with E-state index in [2.05, 4.69) is 93.7 Å². The van der Waals surface area contributed by atoms with Crippen molar-refractivity contribution in [2.75, 3.05) is 13.2 Å². The first-order valence-corrected chi connectivity index (χ1v) is 31.4. The Bertz CT molecular complexity index is 1360. The van der Waals surface area contributed by atoms with Crippen LogP contribution in [0, 0.1) is 0 Å². The number of rotatable bonds is 57. The average molecular weight is 1020 g/mol. The molecule has 0 aliphatic heterocycles. The molecule has 422 valence electrons. The zero-order valence-corrected chi connectivity index (χ0v) is 48.4. The van der Waals surface area contributed by atoms with Gasteiger partial charge in [0.05, 0.1) is 0 Å². The van der Waals surface area contributed by atoms with Crippen LogP contribution in [0.25, 0.3) is 0 Å². The zero-order chi connectivity index (χ0) is 52.9. The van der Waals surface area contributed by atoms with Gasteiger partial charge in [-0.25, -0.2) is 0 Å². The number of ether oxygens (including phenoxy) is 3. The molecule has 0 aromatic heterocycles. The van der Waals surface area contributed by atoms with E-state index < -0.39 is 6.10 Å². The van der Waals surface area contributed by atoms with Crippen molar-refractivity contribution in [1.82, 2.24) is 0 Å². The molecule has 0 aromatic carbocycles. The molecule has 0 rings (SSSR count). The minimum Gasteiger partial charge on any atom is -0.462 e. The van der Waals surface area contributed by atoms with E-state index in [0.29, 0.717) is 19.3 Å². The lowest BCUT2D eigenvalue weighted by atomic mass is 10.1. The second-order valence-corrected chi connectivity index (χ2v) is 20.9. The quantitative estimate of drug-likeness (QED) is 0.0261. The maximum Gasteiger partial charge on any atom is 0.306 e. The number of unbranched alkanes of at least 4 members (excludes halogenated alkanes) is 34. The van der Waals surface area contributed by atoms with Gasteiger partial charge in [0, 0.05) is 19.3 Å². The second-order valence-electron chi connectivity index (χ2n) is 20.9. The van der Waals surface area contributed by atoms with Gasteiger partial charge in [0.15, 0.2) is 6.10 Å². The molecule has 0 saturated heterocycles. The van der Waals surface area contributed by atoms with Gasteiger partial charge in [-0.1, -0.05) is 261 Å². The highest BCUT2D eigenvalue weighted by Gasteiger charge is 2.19. The summed E-state index contributed by atoms with van der Waals surface area (Å²) in [4.78, 5) is 38.3. The standard InChI is InChI=1S/C67H118O6/c1-4-7-10-13-16-19-22-25-28-31-33-36-39-42-45-48-51-54-57-60-66(69)72-63-64(62-71-65(68)59-56-53-50-47-44-41-38-35-30-27-24-21-18-15-12-9-6-3)73-67(70)61-58-55-52-49-46-43-40-37-34-32-29-26-23-20-17-14-11-8-5-2/h7,10,16,19,25-30,33,36,64H,4-6,8-9,11-15,17-18,20-24,31-32,34-35,37-63H2,1-3H3/b10-7-,19-16-,28-25-,29-26-,30-27-,36-33-. The Labute approximate surface area is 453 Å². The van der Waals surface area contributed by atoms with E-state index in [1.165, 1.54) is 186 Å². The van der Waals surface area contributed by atoms with Crippen molar-refractivity contribution in [3.8, 4) is 0 Å². The number of hydrogen-bond acceptors (Lipinski definition) is 6. The summed E-state index contributed by atoms with van der Waals surface area (Å²) >= 11 is 0. The van der Waals surface area contributed by atoms with E-state index in [1.807, 2.05) is 0 Å². The Hall–Kier alpha value is -3.15. The Morgan fingerprint density at radius 3 is 0.849 bits per heavy atom. The molecule has 6 heteroatoms. The fourth-order valence-corrected chi connectivity index (χ4v) is 8.95. The number of allylic oxidation sites excluding steroid dienone is 12. The first-order valence-electron chi connectivity index (χ1n) is 31.4. The smallest absolute Gasteiger partial charge is 0.306 e. The highest BCUT2D eigenvalue weighted by Crippen LogP contribution is 2.16. The van der Waals surface area contributed by atoms with Crippen LogP contribution in [0.1, 0.15) is 316 Å². The summed E-state index contributed by atoms with van der Waals surface area (Å²) in [5.41, 5.74) is 0. The Morgan fingerprint density at radius 1 is 0.288 bits per heavy atom. The molecule has 1 atom stereocenters. The van der Waals surface area contributed by atoms with Crippen molar-refractivity contribution in [3.63, 3.8) is 0 Å². The molecule has 0 amide bonds. The van der Waals surface area contributed by atoms with Crippen LogP contribution in [0.5, 0.6) is 0 Å². The fraction of sp³-hybridized carbons (Fsp3) is 0.776. The first-order chi connectivity index (χ1) is 36.0. The largest absolute Gasteiger partial charge is 0.462 e. The lowest BCUT2D eigenvalue weighted by Gasteiger charge is -2.18. The zero-order valence-electron chi connectivity index (χ0n) is 48.4. The summed E-state index contributed by atoms with van der Waals surface area (Å²) in [5.74, 6) is -0.888. The monoisotopic (exact) mass is 1020 g/mol. The van der Waals surface area contributed by atoms with Crippen LogP contribution >= 0.6 is 0 Å². The Morgan fingerprint density at radius 2 is 0.534 bits per heavy atom. The summed E-state index contributed by atoms with van der Waals surface area (Å²) in [7, 11) is 0. The minimum absolute atomic E-state index is 0.0817. The molecular formula is C67H118O6. The summed E-state index contributed by atoms with van der Waals surface area (Å²) < 4.78 is 16.9. The van der Waals surface area contributed by atoms with E-state index in [4.69, 9.17) is 14.2 Å². The Kier molecular flexibility index (Phi) is 58.7. The van der Waals surface area contributed by atoms with E-state index in [9.17, 15) is 14.4 Å². The molecular weight excluding hydrogens is 901 g/mol. The van der Waals surface area contributed by atoms with Crippen LogP contribution in [0.3, 0.4) is 0 Å². The van der Waals surface area contributed by atoms with Crippen molar-refractivity contribution >= 4 is 17.9 Å². The van der Waals surface area contributed by atoms with Gasteiger partial charge in [0.2, 0.25) is 0 Å². The summed E-state index contributed by atoms with van der Waals surface area (Å²) in [6.45, 7) is 6.54. The molecule has 0 spiro atoms. The maximum absolute atomic E-state index is 12.9. The topological polar surface area (TPSA) is 78.9 Å². The van der Waals surface area contributed by atoms with E-state index in [0.717, 1.165) is 89.9 Å². The van der Waals surface area contributed by atoms with Crippen molar-refractivity contribution in [2.24, 2.45) is 0 Å². The number of hydrogen-bond donors (Lipinski definition) is 0. The first kappa shape index (κ1) is 69.8. The lowest BCUT2D eigenvalue weighted by Crippen LogP contribution is -2.30. The summed E-state index contributed by atoms with van der Waals surface area (Å²) in [6, 6.07) is 0. The predicted octanol–water partition coefficient (Wildman–Crippen LogP) is 21.3. The summed E-state index contributed by atoms with van der Waals surface area (Å²) in [5, 5.41) is 0. The van der Waals surface area contributed by atoms with E-state index in [1.54, 1.807) is 0 Å². The van der Waals surface area contributed by atoms with Gasteiger partial charge >= 0.3 is 17.9 Å². The van der Waals surface area contributed by atoms with Gasteiger partial charge in [-0.15, -0.1) is 0 Å². The second kappa shape index (κ2) is 61.4. The molecule has 0 aliphatic carbocycles. The van der Waals surface area contributed by atoms with Crippen LogP contribution < -0.4 is 0 Å². The van der Waals surface area contributed by atoms with E-state index >= 15 is 0 Å². The van der Waals surface area contributed by atoms with Gasteiger partial charge in [-0.05, 0) is 109 Å². The molecule has 73 heavy (non-hydrogen) atoms. The number of esters is 3. The minimum atomic E-state index is -0.785. The van der Waals surface area contributed by atoms with E-state index in [-0.39, 0.29) is 31.1 Å². The third-order valence-electron chi connectivity index (χ3n) is 13.7. The van der Waals surface area contributed by atoms with Gasteiger partial charge in [0.25, 0.3) is 0 Å². The van der Waals surface area contributed by atoms with Crippen LogP contribution in [0.2, 0.25) is 0 Å². The van der Waals surface area contributed by atoms with Crippen molar-refractivity contribution in [1.29, 1.82) is 0 Å². The molecule has 0 aliphatic rings. The third-order valence-corrected chi connectivity index (χ3v) is 13.7. The molecule has 0 fully saturated rings. The van der Waals surface area contributed by atoms with Crippen LogP contribution in [-0.2, 0) is 28.6 Å². The SMILES string of the molecule is CC/C=C\C/C=C\C/C=C\C/C=C\CCCCCCCCC(=O)OCC(COC(=O)CCCCCCCCC/C=C\CCCCCCCC)OC(=O)CCCCCCCCCCC/C=C\CCCCCCCC. The fourth-order valence-electron chi connectivity index (χ4n) is 8.95. The molecule has 0 radical (unpaired) electrons. The van der Waals surface area contributed by atoms with Gasteiger partial charge in [0.1, 0.15) is 13.2 Å². The van der Waals surface area contributed by atoms with Crippen molar-refractivity contribution < 1.29 is 28.6 Å². The molecule has 0 heterocycles. The molecule has 1 unspecified atom stereocenters. The third kappa shape index (κ3) is 59.6. The molecule has 0 N–H and O–H groups in total. The number of carbonyl (C=O) groups is 3. The normalized spacial score (nSPS) is 12.5. The molecule has 6 nitrogen and oxygen atoms in total. The maximum atomic E-state index is 12.9. The average Bonchev–Trinajstić information content (AvgIpc) is 3.39. The van der Waals surface area contributed by atoms with Gasteiger partial charge < -0.3 is 14.2 Å². The molecule has 0 aromatic rings. The van der Waals surface area contributed by atoms with Gasteiger partial charge in [-0.2, -0.15) is 0 Å². The molecule has 0 saturated carbocycles. The van der Waals surface area contributed by atoms with Crippen LogP contribution in [0.15, 0.2) is 72.9 Å². The van der Waals surface area contributed by atoms with Gasteiger partial charge in [-0.3, -0.25) is 14.4 Å². The van der Waals surface area contributed by atoms with Crippen molar-refractivity contribution in [3.05, 3.63) is 72.9 Å². The number of carbonyl (C=O) groups excluding carboxylic acids is 3. The summed E-state index contributed by atoms with van der Waals surface area (Å²) in [6.07, 6.45) is 78.9. The van der Waals surface area contributed by atoms with Crippen LogP contribution in [-0.4, -0.2) is 37.2 Å². The van der Waals surface area contributed by atoms with Crippen LogP contribution in [0.4, 0.5) is 0 Å². The highest BCUT2D eigenvalue weighted by atomic mass is 16.6. The highest BCUT2D eigenvalue weighted by molar-refractivity contribution is 5.71. The van der Waals surface area contributed by atoms with Crippen molar-refractivity contribution in [2.45, 2.75) is 322 Å². The predicted molar refractivity (Wildman–Crippen MR) is 316 cm³/mol. The Balaban J connectivity index is 4.40. The molecule has 0 bridgehead atoms.